The molecule has 2 aromatic rings. The van der Waals surface area contributed by atoms with Gasteiger partial charge in [0.15, 0.2) is 0 Å². The zero-order valence-electron chi connectivity index (χ0n) is 14.1. The highest BCUT2D eigenvalue weighted by molar-refractivity contribution is 5.91. The Labute approximate surface area is 146 Å². The van der Waals surface area contributed by atoms with Crippen molar-refractivity contribution < 1.29 is 4.79 Å². The second-order valence-corrected chi connectivity index (χ2v) is 6.69. The molecular weight excluding hydrogens is 316 g/mol. The number of carbonyl (C=O) groups is 1. The number of nitrogens with two attached hydrogens (primary N) is 1. The first-order valence-electron chi connectivity index (χ1n) is 8.77. The van der Waals surface area contributed by atoms with Crippen molar-refractivity contribution in [2.24, 2.45) is 5.73 Å². The molecule has 1 aliphatic carbocycles. The summed E-state index contributed by atoms with van der Waals surface area (Å²) < 4.78 is 0. The summed E-state index contributed by atoms with van der Waals surface area (Å²) in [5.74, 6) is 0.552. The number of anilines is 2. The summed E-state index contributed by atoms with van der Waals surface area (Å²) in [5, 5.41) is 0. The quantitative estimate of drug-likeness (QED) is 0.891. The molecule has 0 unspecified atom stereocenters. The Morgan fingerprint density at radius 1 is 1.08 bits per heavy atom. The second kappa shape index (κ2) is 6.66. The van der Waals surface area contributed by atoms with Crippen molar-refractivity contribution in [1.82, 2.24) is 15.0 Å². The van der Waals surface area contributed by atoms with Gasteiger partial charge in [0.2, 0.25) is 0 Å². The molecule has 7 nitrogen and oxygen atoms in total. The minimum absolute atomic E-state index is 0.320. The highest BCUT2D eigenvalue weighted by Gasteiger charge is 2.36. The van der Waals surface area contributed by atoms with E-state index in [1.54, 1.807) is 18.6 Å². The topological polar surface area (TPSA) is 88.2 Å². The van der Waals surface area contributed by atoms with Gasteiger partial charge in [-0.1, -0.05) is 0 Å². The first-order chi connectivity index (χ1) is 12.2. The van der Waals surface area contributed by atoms with Crippen LogP contribution in [0.4, 0.5) is 11.5 Å². The number of hydrogen-bond acceptors (Lipinski definition) is 6. The molecule has 1 saturated heterocycles. The van der Waals surface area contributed by atoms with Gasteiger partial charge in [-0.25, -0.2) is 9.97 Å². The molecule has 2 fully saturated rings. The lowest BCUT2D eigenvalue weighted by Gasteiger charge is -2.40. The molecule has 3 heterocycles. The van der Waals surface area contributed by atoms with Gasteiger partial charge in [-0.15, -0.1) is 0 Å². The average molecular weight is 338 g/mol. The lowest BCUT2D eigenvalue weighted by atomic mass is 10.0. The van der Waals surface area contributed by atoms with Gasteiger partial charge in [0.1, 0.15) is 17.8 Å². The van der Waals surface area contributed by atoms with Crippen LogP contribution in [0.15, 0.2) is 36.9 Å². The smallest absolute Gasteiger partial charge is 0.267 e. The van der Waals surface area contributed by atoms with Crippen LogP contribution in [0, 0.1) is 0 Å². The van der Waals surface area contributed by atoms with Crippen molar-refractivity contribution in [2.75, 3.05) is 22.9 Å². The van der Waals surface area contributed by atoms with Gasteiger partial charge in [-0.05, 0) is 43.9 Å². The van der Waals surface area contributed by atoms with Gasteiger partial charge in [-0.3, -0.25) is 9.78 Å². The maximum absolute atomic E-state index is 11.3. The van der Waals surface area contributed by atoms with Crippen LogP contribution in [0.2, 0.25) is 0 Å². The third-order valence-corrected chi connectivity index (χ3v) is 4.99. The van der Waals surface area contributed by atoms with E-state index in [0.29, 0.717) is 17.8 Å². The summed E-state index contributed by atoms with van der Waals surface area (Å²) in [6.45, 7) is 1.89. The third-order valence-electron chi connectivity index (χ3n) is 4.99. The molecule has 1 amide bonds. The summed E-state index contributed by atoms with van der Waals surface area (Å²) in [7, 11) is 0. The summed E-state index contributed by atoms with van der Waals surface area (Å²) in [6, 6.07) is 6.85. The number of amides is 1. The Bertz CT molecular complexity index is 740. The van der Waals surface area contributed by atoms with Crippen LogP contribution in [0.1, 0.15) is 36.2 Å². The van der Waals surface area contributed by atoms with Crippen LogP contribution in [-0.4, -0.2) is 46.0 Å². The number of primary amides is 1. The molecule has 4 rings (SSSR count). The molecule has 1 aliphatic heterocycles. The van der Waals surface area contributed by atoms with E-state index in [2.05, 4.69) is 24.8 Å². The van der Waals surface area contributed by atoms with E-state index in [-0.39, 0.29) is 0 Å². The van der Waals surface area contributed by atoms with Gasteiger partial charge in [0, 0.05) is 43.3 Å². The molecule has 1 saturated carbocycles. The van der Waals surface area contributed by atoms with Crippen LogP contribution in [0.5, 0.6) is 0 Å². The van der Waals surface area contributed by atoms with Crippen LogP contribution in [-0.2, 0) is 0 Å². The number of piperidine rings is 1. The Kier molecular flexibility index (Phi) is 4.21. The van der Waals surface area contributed by atoms with Crippen LogP contribution < -0.4 is 15.5 Å². The molecule has 2 aromatic heterocycles. The molecular formula is C18H22N6O. The number of carbonyl (C=O) groups excluding carboxylic acids is 1. The maximum atomic E-state index is 11.3. The lowest BCUT2D eigenvalue weighted by molar-refractivity contribution is 0.0995. The van der Waals surface area contributed by atoms with Crippen molar-refractivity contribution >= 4 is 17.4 Å². The van der Waals surface area contributed by atoms with Gasteiger partial charge in [0.25, 0.3) is 5.91 Å². The molecule has 25 heavy (non-hydrogen) atoms. The average Bonchev–Trinajstić information content (AvgIpc) is 3.48. The zero-order valence-corrected chi connectivity index (χ0v) is 14.1. The Hall–Kier alpha value is -2.70. The van der Waals surface area contributed by atoms with E-state index in [0.717, 1.165) is 37.4 Å². The molecule has 0 bridgehead atoms. The number of nitrogens with zero attached hydrogens (tertiary/aromatic N) is 5. The second-order valence-electron chi connectivity index (χ2n) is 6.69. The van der Waals surface area contributed by atoms with Gasteiger partial charge in [-0.2, -0.15) is 0 Å². The molecule has 0 radical (unpaired) electrons. The van der Waals surface area contributed by atoms with E-state index in [1.807, 2.05) is 18.3 Å². The molecule has 7 heteroatoms. The Balaban J connectivity index is 1.46. The SMILES string of the molecule is NC(=O)c1cc(N2CCC(N(c3ccncn3)C3CC3)CC2)ccn1. The van der Waals surface area contributed by atoms with E-state index in [1.165, 1.54) is 12.8 Å². The van der Waals surface area contributed by atoms with Crippen LogP contribution >= 0.6 is 0 Å². The van der Waals surface area contributed by atoms with E-state index in [9.17, 15) is 4.79 Å². The van der Waals surface area contributed by atoms with Crippen molar-refractivity contribution in [3.8, 4) is 0 Å². The molecule has 0 spiro atoms. The van der Waals surface area contributed by atoms with Gasteiger partial charge in [0.05, 0.1) is 0 Å². The van der Waals surface area contributed by atoms with Crippen LogP contribution in [0.25, 0.3) is 0 Å². The minimum atomic E-state index is -0.486. The van der Waals surface area contributed by atoms with Crippen molar-refractivity contribution in [1.29, 1.82) is 0 Å². The first kappa shape index (κ1) is 15.8. The molecule has 0 aromatic carbocycles. The molecule has 2 aliphatic rings. The predicted molar refractivity (Wildman–Crippen MR) is 95.5 cm³/mol. The number of rotatable bonds is 5. The number of pyridine rings is 1. The van der Waals surface area contributed by atoms with Gasteiger partial charge < -0.3 is 15.5 Å². The van der Waals surface area contributed by atoms with E-state index in [4.69, 9.17) is 5.73 Å². The fourth-order valence-corrected chi connectivity index (χ4v) is 3.61. The third kappa shape index (κ3) is 3.40. The van der Waals surface area contributed by atoms with E-state index < -0.39 is 5.91 Å². The highest BCUT2D eigenvalue weighted by Crippen LogP contribution is 2.35. The van der Waals surface area contributed by atoms with Crippen molar-refractivity contribution in [3.63, 3.8) is 0 Å². The fraction of sp³-hybridized carbons (Fsp3) is 0.444. The van der Waals surface area contributed by atoms with Gasteiger partial charge >= 0.3 is 0 Å². The molecule has 0 atom stereocenters. The Morgan fingerprint density at radius 2 is 1.84 bits per heavy atom. The number of aromatic nitrogens is 3. The van der Waals surface area contributed by atoms with Crippen molar-refractivity contribution in [3.05, 3.63) is 42.6 Å². The lowest BCUT2D eigenvalue weighted by Crippen LogP contribution is -2.46. The number of hydrogen-bond donors (Lipinski definition) is 1. The fourth-order valence-electron chi connectivity index (χ4n) is 3.61. The zero-order chi connectivity index (χ0) is 17.2. The summed E-state index contributed by atoms with van der Waals surface area (Å²) >= 11 is 0. The summed E-state index contributed by atoms with van der Waals surface area (Å²) in [4.78, 5) is 28.7. The normalized spacial score (nSPS) is 18.2. The predicted octanol–water partition coefficient (Wildman–Crippen LogP) is 1.61. The summed E-state index contributed by atoms with van der Waals surface area (Å²) in [5.41, 5.74) is 6.68. The molecule has 2 N–H and O–H groups in total. The van der Waals surface area contributed by atoms with E-state index >= 15 is 0 Å². The maximum Gasteiger partial charge on any atom is 0.267 e. The van der Waals surface area contributed by atoms with Crippen molar-refractivity contribution in [2.45, 2.75) is 37.8 Å². The highest BCUT2D eigenvalue weighted by atomic mass is 16.1. The summed E-state index contributed by atoms with van der Waals surface area (Å²) in [6.07, 6.45) is 9.72. The Morgan fingerprint density at radius 3 is 2.48 bits per heavy atom. The minimum Gasteiger partial charge on any atom is -0.371 e. The standard InChI is InChI=1S/C18H22N6O/c19-18(25)16-11-15(3-8-21-16)23-9-5-14(6-10-23)24(13-1-2-13)17-4-7-20-12-22-17/h3-4,7-8,11-14H,1-2,5-6,9-10H2,(H2,19,25). The monoisotopic (exact) mass is 338 g/mol. The molecule has 130 valence electrons. The first-order valence-corrected chi connectivity index (χ1v) is 8.77. The van der Waals surface area contributed by atoms with Crippen LogP contribution in [0.3, 0.4) is 0 Å². The largest absolute Gasteiger partial charge is 0.371 e.